The van der Waals surface area contributed by atoms with Crippen molar-refractivity contribution in [1.29, 1.82) is 0 Å². The highest BCUT2D eigenvalue weighted by atomic mass is 16.5. The summed E-state index contributed by atoms with van der Waals surface area (Å²) < 4.78 is 39.8. The molecule has 0 aromatic heterocycles. The van der Waals surface area contributed by atoms with Crippen molar-refractivity contribution in [2.45, 2.75) is 124 Å². The Morgan fingerprint density at radius 3 is 2.38 bits per heavy atom. The fourth-order valence-electron chi connectivity index (χ4n) is 4.16. The third-order valence-corrected chi connectivity index (χ3v) is 7.21. The summed E-state index contributed by atoms with van der Waals surface area (Å²) in [5, 5.41) is 2.23. The van der Waals surface area contributed by atoms with Gasteiger partial charge in [-0.25, -0.2) is 4.79 Å². The summed E-state index contributed by atoms with van der Waals surface area (Å²) in [7, 11) is 1.59. The Labute approximate surface area is 379 Å². The van der Waals surface area contributed by atoms with Gasteiger partial charge in [-0.05, 0) is 65.5 Å². The Bertz CT molecular complexity index is 856. The molecule has 32 heavy (non-hydrogen) atoms. The first-order chi connectivity index (χ1) is 16.5. The van der Waals surface area contributed by atoms with E-state index in [1.165, 1.54) is 5.31 Å². The predicted octanol–water partition coefficient (Wildman–Crippen LogP) is 34.3. The Kier molecular flexibility index (Phi) is 8.27. The minimum absolute atomic E-state index is 0. The molecule has 1 rings (SSSR count). The predicted molar refractivity (Wildman–Crippen MR) is 384 cm³/mol. The number of likely N-dealkylation sites (N-methyl/N-ethyl adjacent to an activating group) is 1. The molecule has 0 saturated heterocycles. The molecule has 0 aromatic carbocycles. The molecule has 0 bridgehead atoms. The molecule has 4 atom stereocenters. The average Bonchev–Trinajstić information content (AvgIpc) is 2.79. The lowest BCUT2D eigenvalue weighted by atomic mass is 9.70. The molecular formula is C26H288N2O4. The molecule has 6 nitrogen and oxygen atoms in total. The summed E-state index contributed by atoms with van der Waals surface area (Å²) in [6.45, 7) is 19.5. The van der Waals surface area contributed by atoms with Gasteiger partial charge in [0.05, 0.1) is 17.2 Å². The Morgan fingerprint density at radius 2 is 1.94 bits per heavy atom. The van der Waals surface area contributed by atoms with Crippen molar-refractivity contribution in [2.75, 3.05) is 7.05 Å². The summed E-state index contributed by atoms with van der Waals surface area (Å²) in [6.07, 6.45) is 3.40. The van der Waals surface area contributed by atoms with Crippen LogP contribution in [0.1, 0.15) is 268 Å². The molecule has 0 aromatic rings. The number of amides is 1. The minimum Gasteiger partial charge on any atom is -0.460 e. The Balaban J connectivity index is -0.000000000853. The number of carbonyl (C=O) groups excluding carboxylic acids is 2. The van der Waals surface area contributed by atoms with Crippen molar-refractivity contribution in [3.63, 3.8) is 0 Å². The zero-order valence-corrected chi connectivity index (χ0v) is 22.2. The summed E-state index contributed by atoms with van der Waals surface area (Å²) in [4.78, 5) is 26.0. The van der Waals surface area contributed by atoms with E-state index in [1.54, 1.807) is 47.7 Å². The molecular weight excluding hydrogens is 404 g/mol. The standard InChI is InChI=1S/C26H48N2O4.120H2/c1-12-14-25(9,24(7,8)13-2)32-21-16-19(23(30)31-18(5)6)15-20(27-11)26(21,10)28-22(29)17(3)4;;;;;;;;;;;;;;;;;;;;;;;;;;;;;;;;;;;;;;;;;;;;;;;;;;;;;;;;;;;;;;;;;;;;;;;;;;;;;;;;;;;;;;;;;;;;;;;;;;;;;;;;;;;;;;;;;;;;;;;;/h16-18,20-21,27H,12-15H2,1-11H3,(H,28,29);120*1H/t20-,21+,25?,26+;;;;;;;;;;;;;;;;;;;;;;;;;;;;;;;;;;;;;;;;;;;;;;;;;;;;;;;;;;;;;;;;;;;;;;;;;;;;;;;;;;;;;;;;;;;;;;;;;;;;;;;;;;;;;;;;;;;;;;;;/m0......................................................................................................................../s1/i;1+1D;;;;;;;;;;;;;;;;;;;;;;;;;;;;;;;;;;;;;;;;;;;;;;;;;;;;;;;;;;;;;;;;;;;;;;;;;;;;;;;;;;;;;;;;;;;;;;;;;;;;;;;;;;;;;;;;;;;;;;;/hD2. The van der Waals surface area contributed by atoms with Crippen molar-refractivity contribution in [1.82, 2.24) is 10.6 Å². The maximum Gasteiger partial charge on any atom is 0.334 e. The quantitative estimate of drug-likeness (QED) is 0.210. The second-order valence-corrected chi connectivity index (χ2v) is 10.7. The Hall–Kier alpha value is -1.40. The molecule has 6 heteroatoms. The van der Waals surface area contributed by atoms with Gasteiger partial charge in [0.25, 0.3) is 0 Å². The van der Waals surface area contributed by atoms with Gasteiger partial charge >= 0.3 is 5.97 Å². The summed E-state index contributed by atoms with van der Waals surface area (Å²) >= 11 is 0. The maximum atomic E-state index is 13.1. The number of rotatable bonds is 11. The van der Waals surface area contributed by atoms with Crippen LogP contribution in [-0.2, 0) is 19.1 Å². The number of nitrogens with one attached hydrogen (secondary N) is 2. The molecule has 0 heterocycles. The molecule has 0 spiro atoms. The fraction of sp³-hybridized carbons (Fsp3) is 0.846. The topological polar surface area (TPSA) is 76.7 Å². The van der Waals surface area contributed by atoms with Gasteiger partial charge in [-0.1, -0.05) is 48.0 Å². The number of esters is 1. The van der Waals surface area contributed by atoms with E-state index < -0.39 is 35.2 Å². The zero-order chi connectivity index (χ0) is 28.6. The largest absolute Gasteiger partial charge is 0.460 e. The van der Waals surface area contributed by atoms with Crippen LogP contribution < -0.4 is 10.6 Å². The van der Waals surface area contributed by atoms with Crippen molar-refractivity contribution in [3.05, 3.63) is 11.6 Å². The first kappa shape index (κ1) is 23.7. The van der Waals surface area contributed by atoms with Crippen molar-refractivity contribution in [2.24, 2.45) is 11.3 Å². The second-order valence-electron chi connectivity index (χ2n) is 10.7. The molecule has 0 saturated carbocycles. The molecule has 0 radical (unpaired) electrons. The number of carbonyl (C=O) groups is 2. The van der Waals surface area contributed by atoms with Crippen LogP contribution in [0, 0.1) is 11.3 Å². The SMILES string of the molecule is [2H]N(C)[C@H]1CC(C(=O)OC(C)C)=C[C@@H](OC(C)(CCC)C(C)(C)CC)[C@]1(C)N([2H])C(=O)C(C)C.[2H][2H].[HH].[HH].[HH].[HH].[HH].[HH].[HH].[HH].[HH].[HH].[HH].[HH].[HH].[HH].[HH].[HH].[HH].[HH].[HH].[HH].[HH].[HH].[HH].[HH].[HH].[HH].[HH].[HH].[HH].[HH].[HH].[HH].[HH].[HH].[HH].[HH].[HH].[HH].[HH].[HH].[HH].[HH].[HH].[HH].[HH].[HH].[HH].[HH].[HH].[HH].[HH].[HH].[HH].[HH].[HH].[HH].[HH].[HH].[HH].[HH].[HH].[HH].[HH].[HH].[HH].[HH].[HH].[HH].[HH].[HH].[HH].[HH].[HH].[HH].[HH].[HH].[HH].[HH].[HH].[HH].[HH].[HH].[HH].[HH].[HH].[HH].[HH].[HH].[HH].[HH].[HH].[HH].[HH].[HH].[HH].[HH].[HH].[HH].[HH].[HH].[HH].[HH].[HH].[HH].[HH].[HH].[HH].[HH].[HH].[HH].[HH].[HH].[HH].[HH].[HH].[HH].[HH].[HH].[HH]. The lowest BCUT2D eigenvalue weighted by Crippen LogP contribution is -2.69. The van der Waals surface area contributed by atoms with Crippen LogP contribution in [0.15, 0.2) is 11.6 Å². The molecule has 1 unspecified atom stereocenters. The fourth-order valence-corrected chi connectivity index (χ4v) is 4.16. The van der Waals surface area contributed by atoms with Crippen LogP contribution in [0.4, 0.5) is 0 Å². The normalized spacial score (nSPS) is 27.2. The average molecular weight is 699 g/mol. The smallest absolute Gasteiger partial charge is 0.334 e. The van der Waals surface area contributed by atoms with Crippen molar-refractivity contribution in [3.8, 4) is 0 Å². The highest BCUT2D eigenvalue weighted by Gasteiger charge is 2.51. The van der Waals surface area contributed by atoms with Crippen LogP contribution in [0.2, 0.25) is 2.82 Å². The number of ether oxygens (including phenoxy) is 2. The third-order valence-electron chi connectivity index (χ3n) is 7.21. The lowest BCUT2D eigenvalue weighted by Gasteiger charge is -2.52. The lowest BCUT2D eigenvalue weighted by molar-refractivity contribution is -0.169. The van der Waals surface area contributed by atoms with E-state index in [-0.39, 0.29) is 194 Å². The molecule has 0 fully saturated rings. The van der Waals surface area contributed by atoms with Crippen molar-refractivity contribution >= 4 is 11.9 Å². The van der Waals surface area contributed by atoms with Crippen LogP contribution in [0.3, 0.4) is 0 Å². The van der Waals surface area contributed by atoms with Crippen molar-refractivity contribution < 1.29 is 195 Å². The third kappa shape index (κ3) is 6.34. The molecule has 1 aliphatic carbocycles. The molecule has 1 aliphatic rings. The number of hydrogen-bond acceptors (Lipinski definition) is 5. The first-order valence-electron chi connectivity index (χ1n) is 14.0. The van der Waals surface area contributed by atoms with E-state index in [2.05, 4.69) is 34.6 Å². The summed E-state index contributed by atoms with van der Waals surface area (Å²) in [5.74, 6) is -1.19. The second kappa shape index (κ2) is 11.1. The Morgan fingerprint density at radius 1 is 1.34 bits per heavy atom. The number of hydrogen-bond donors (Lipinski definition) is 2. The van der Waals surface area contributed by atoms with E-state index >= 15 is 0 Å². The summed E-state index contributed by atoms with van der Waals surface area (Å²) in [5.41, 5.74) is -1.57. The van der Waals surface area contributed by atoms with E-state index in [0.717, 1.165) is 24.6 Å². The van der Waals surface area contributed by atoms with Crippen LogP contribution in [-0.4, -0.2) is 48.3 Å². The van der Waals surface area contributed by atoms with Gasteiger partial charge in [-0.2, -0.15) is 0 Å². The molecule has 2 N–H and O–H groups in total. The minimum atomic E-state index is -1.20. The maximum absolute atomic E-state index is 13.1. The van der Waals surface area contributed by atoms with Crippen LogP contribution >= 0.6 is 0 Å². The monoisotopic (exact) mass is 698 g/mol. The zero-order valence-electron chi connectivity index (χ0n) is 26.2. The molecule has 1 amide bonds. The van der Waals surface area contributed by atoms with E-state index in [9.17, 15) is 9.59 Å². The van der Waals surface area contributed by atoms with Gasteiger partial charge in [0, 0.05) is 190 Å². The van der Waals surface area contributed by atoms with E-state index in [4.69, 9.17) is 15.3 Å². The van der Waals surface area contributed by atoms with Gasteiger partial charge in [0.1, 0.15) is 7.52 Å². The molecule has 426 valence electrons. The van der Waals surface area contributed by atoms with Gasteiger partial charge in [0.2, 0.25) is 5.91 Å². The van der Waals surface area contributed by atoms with E-state index in [1.807, 2.05) is 0 Å². The van der Waals surface area contributed by atoms with Gasteiger partial charge in [-0.15, -0.1) is 0 Å². The highest BCUT2D eigenvalue weighted by Crippen LogP contribution is 2.44. The van der Waals surface area contributed by atoms with Gasteiger partial charge in [-0.3, -0.25) is 4.79 Å². The van der Waals surface area contributed by atoms with Gasteiger partial charge < -0.3 is 20.1 Å². The van der Waals surface area contributed by atoms with E-state index in [0.29, 0.717) is 5.57 Å². The highest BCUT2D eigenvalue weighted by molar-refractivity contribution is 5.89. The molecule has 0 aliphatic heterocycles. The van der Waals surface area contributed by atoms with Crippen LogP contribution in [0.5, 0.6) is 0 Å². The first-order valence-corrected chi connectivity index (χ1v) is 12.1. The van der Waals surface area contributed by atoms with Crippen LogP contribution in [0.25, 0.3) is 0 Å². The summed E-state index contributed by atoms with van der Waals surface area (Å²) in [6, 6.07) is -0.645. The van der Waals surface area contributed by atoms with Gasteiger partial charge in [0.15, 0.2) is 1.41 Å².